The first-order valence-corrected chi connectivity index (χ1v) is 22.5. The maximum atomic E-state index is 8.58. The van der Waals surface area contributed by atoms with Gasteiger partial charge < -0.3 is 78.1 Å². The molecule has 89 heavy (non-hydrogen) atoms. The van der Waals surface area contributed by atoms with Crippen LogP contribution in [0.4, 0.5) is 0 Å². The number of aliphatic imine (C=N–C) groups is 4. The van der Waals surface area contributed by atoms with Crippen LogP contribution in [0.1, 0.15) is 13.8 Å². The van der Waals surface area contributed by atoms with Crippen LogP contribution < -0.4 is 56.7 Å². The van der Waals surface area contributed by atoms with Crippen LogP contribution in [0.2, 0.25) is 0 Å². The summed E-state index contributed by atoms with van der Waals surface area (Å²) in [5.41, 5.74) is 45.1. The lowest BCUT2D eigenvalue weighted by Crippen LogP contribution is -1.82. The highest BCUT2D eigenvalue weighted by molar-refractivity contribution is 7.83. The SMILES string of the molecule is C=CC.C=CC.C=CC=C.C=CN.C=CN.C=CN=C.C=CN=C.C=CN=N.C=CN=N.C=CO.C=CO.C=CS.C=CS.C=NC=N.C=NC=N.C=NN.C=NN.C=NO.C=NS.C=NS.C=[N+]=O.N=CC=N.N=CN.NC=O.NC=O.NC=S.NC=S. The lowest BCUT2D eigenvalue weighted by Gasteiger charge is -1.48. The third kappa shape index (κ3) is 43100. The molecule has 0 aliphatic rings. The monoisotopic (exact) mass is 1380 g/mol. The number of rotatable bonds is 8. The first-order valence-electron chi connectivity index (χ1n) is 19.7. The number of carbonyl (C=O) groups excluding carboxylic acids is 2. The van der Waals surface area contributed by atoms with Gasteiger partial charge in [0.15, 0.2) is 9.76 Å². The first-order chi connectivity index (χ1) is 42.2. The number of nitroso groups, excluding NO2 is 1. The molecule has 516 valence electrons. The highest BCUT2D eigenvalue weighted by Gasteiger charge is 1.35. The summed E-state index contributed by atoms with van der Waals surface area (Å²) in [7, 11) is 0. The number of hydrogen-bond donors (Lipinski definition) is 23. The highest BCUT2D eigenvalue weighted by atomic mass is 32.1. The van der Waals surface area contributed by atoms with Gasteiger partial charge in [-0.05, 0) is 103 Å². The van der Waals surface area contributed by atoms with E-state index in [1.54, 1.807) is 24.3 Å². The molecule has 0 spiro atoms. The summed E-state index contributed by atoms with van der Waals surface area (Å²) in [6, 6.07) is 0. The Labute approximate surface area is 564 Å². The number of aliphatic hydroxyl groups is 2. The number of nitrogens with one attached hydrogen (secondary N) is 7. The molecule has 28 N–H and O–H groups in total. The topological polar surface area (TPSA) is 663 Å². The second kappa shape index (κ2) is 778. The van der Waals surface area contributed by atoms with Crippen molar-refractivity contribution in [2.45, 2.75) is 13.8 Å². The Morgan fingerprint density at radius 2 is 0.539 bits per heavy atom. The zero-order valence-electron chi connectivity index (χ0n) is 51.5. The first kappa shape index (κ1) is 178. The van der Waals surface area contributed by atoms with Gasteiger partial charge in [-0.1, -0.05) is 128 Å². The molecule has 0 aliphatic carbocycles. The van der Waals surface area contributed by atoms with Crippen LogP contribution >= 0.6 is 75.3 Å². The summed E-state index contributed by atoms with van der Waals surface area (Å²) in [5.74, 6) is 8.72. The number of carbonyl (C=O) groups is 2. The van der Waals surface area contributed by atoms with Crippen LogP contribution in [0.15, 0.2) is 231 Å². The second-order valence-corrected chi connectivity index (χ2v) is 8.27. The van der Waals surface area contributed by atoms with Crippen molar-refractivity contribution in [3.05, 3.63) is 182 Å². The van der Waals surface area contributed by atoms with Crippen molar-refractivity contribution in [3.63, 3.8) is 0 Å². The molecule has 0 atom stereocenters. The van der Waals surface area contributed by atoms with E-state index in [4.69, 9.17) is 68.0 Å². The maximum absolute atomic E-state index is 8.58. The van der Waals surface area contributed by atoms with Crippen molar-refractivity contribution >= 4 is 198 Å². The molecule has 0 rings (SSSR count). The zero-order chi connectivity index (χ0) is 78.7. The van der Waals surface area contributed by atoms with Gasteiger partial charge in [0.1, 0.15) is 12.7 Å². The molecule has 40 heteroatoms. The molecule has 0 aromatic carbocycles. The molecular weight excluding hydrogens is 1270 g/mol. The van der Waals surface area contributed by atoms with E-state index in [2.05, 4.69) is 341 Å². The average molecular weight is 1380 g/mol. The normalized spacial score (nSPS) is 4.38. The summed E-state index contributed by atoms with van der Waals surface area (Å²) >= 11 is 21.8. The van der Waals surface area contributed by atoms with Crippen molar-refractivity contribution in [1.82, 2.24) is 4.85 Å². The lowest BCUT2D eigenvalue weighted by molar-refractivity contribution is -0.107. The summed E-state index contributed by atoms with van der Waals surface area (Å²) in [5, 5.41) is 68.1. The maximum Gasteiger partial charge on any atom is 0.327 e. The summed E-state index contributed by atoms with van der Waals surface area (Å²) in [4.78, 5) is 40.2. The van der Waals surface area contributed by atoms with Crippen LogP contribution in [0.5, 0.6) is 0 Å². The summed E-state index contributed by atoms with van der Waals surface area (Å²) in [6.07, 6.45) is 20.8. The molecule has 0 bridgehead atoms. The molecule has 0 unspecified atom stereocenters. The fourth-order valence-corrected chi connectivity index (χ4v) is 0. The molecule has 0 radical (unpaired) electrons. The largest absolute Gasteiger partial charge is 0.516 e. The lowest BCUT2D eigenvalue weighted by atomic mass is 10.6. The highest BCUT2D eigenvalue weighted by Crippen LogP contribution is 1.59. The number of primary amides is 2. The van der Waals surface area contributed by atoms with E-state index in [0.717, 1.165) is 55.0 Å². The third-order valence-corrected chi connectivity index (χ3v) is 0.873. The number of oxime groups is 1. The van der Waals surface area contributed by atoms with Gasteiger partial charge in [-0.25, -0.2) is 19.9 Å². The molecule has 0 aliphatic heterocycles. The number of nitrogens with zero attached hydrogens (tertiary/aromatic N) is 12. The molecular formula is C49H109N28O6S6+. The number of allylic oxidation sites excluding steroid dienone is 4. The van der Waals surface area contributed by atoms with Gasteiger partial charge in [0.05, 0.1) is 29.8 Å². The number of hydrazone groups is 2. The molecule has 0 aromatic rings. The van der Waals surface area contributed by atoms with Crippen LogP contribution in [0.3, 0.4) is 0 Å². The van der Waals surface area contributed by atoms with Crippen LogP contribution in [-0.4, -0.2) is 138 Å². The van der Waals surface area contributed by atoms with E-state index >= 15 is 0 Å². The quantitative estimate of drug-likeness (QED) is 0.00858. The van der Waals surface area contributed by atoms with Gasteiger partial charge in [-0.15, -0.1) is 18.3 Å². The molecule has 0 fully saturated rings. The van der Waals surface area contributed by atoms with Crippen molar-refractivity contribution < 1.29 is 25.0 Å². The summed E-state index contributed by atoms with van der Waals surface area (Å²) < 4.78 is 5.89. The molecule has 0 saturated carbocycles. The fraction of sp³-hybridized carbons (Fsp3) is 0.0408. The van der Waals surface area contributed by atoms with E-state index in [0.29, 0.717) is 0 Å². The number of thiol groups is 4. The Morgan fingerprint density at radius 3 is 0.539 bits per heavy atom. The van der Waals surface area contributed by atoms with Crippen LogP contribution in [0.25, 0.3) is 0 Å². The Hall–Kier alpha value is -11.2. The summed E-state index contributed by atoms with van der Waals surface area (Å²) in [6.45, 7) is 77.7. The van der Waals surface area contributed by atoms with E-state index < -0.39 is 0 Å². The molecule has 34 nitrogen and oxygen atoms in total. The van der Waals surface area contributed by atoms with Gasteiger partial charge in [0, 0.05) is 57.4 Å². The van der Waals surface area contributed by atoms with E-state index in [-0.39, 0.29) is 12.8 Å². The van der Waals surface area contributed by atoms with Crippen molar-refractivity contribution in [3.8, 4) is 0 Å². The number of thiocarbonyl (C=S) groups is 2. The second-order valence-electron chi connectivity index (χ2n) is 6.43. The minimum atomic E-state index is 0.250. The van der Waals surface area contributed by atoms with Crippen LogP contribution in [0, 0.1) is 43.0 Å². The van der Waals surface area contributed by atoms with Crippen molar-refractivity contribution in [2.75, 3.05) is 0 Å². The van der Waals surface area contributed by atoms with Crippen molar-refractivity contribution in [2.24, 2.45) is 106 Å². The number of hydrogen-bond acceptors (Lipinski definition) is 32. The third-order valence-electron chi connectivity index (χ3n) is 0.873. The molecule has 0 aromatic heterocycles. The Kier molecular flexibility index (Phi) is 1550. The van der Waals surface area contributed by atoms with E-state index in [9.17, 15) is 0 Å². The van der Waals surface area contributed by atoms with E-state index in [1.807, 2.05) is 18.7 Å². The smallest absolute Gasteiger partial charge is 0.327 e. The predicted octanol–water partition coefficient (Wildman–Crippen LogP) is 9.61. The number of aliphatic hydroxyl groups excluding tert-OH is 2. The minimum absolute atomic E-state index is 0.250. The van der Waals surface area contributed by atoms with Gasteiger partial charge in [0.25, 0.3) is 0 Å². The minimum Gasteiger partial charge on any atom is -0.516 e. The van der Waals surface area contributed by atoms with Crippen molar-refractivity contribution in [1.29, 1.82) is 38.1 Å². The number of amides is 2. The average Bonchev–Trinajstić information content (AvgIpc) is 3.49. The fourth-order valence-electron chi connectivity index (χ4n) is 0. The number of nitrogens with two attached hydrogens (primary N) is 9. The van der Waals surface area contributed by atoms with Gasteiger partial charge in [0.2, 0.25) is 12.8 Å². The van der Waals surface area contributed by atoms with Crippen LogP contribution in [-0.2, 0) is 9.59 Å². The van der Waals surface area contributed by atoms with Gasteiger partial charge in [-0.2, -0.15) is 45.7 Å². The Morgan fingerprint density at radius 1 is 0.483 bits per heavy atom. The Bertz CT molecular complexity index is 1100. The predicted molar refractivity (Wildman–Crippen MR) is 427 cm³/mol. The molecule has 0 heterocycles. The van der Waals surface area contributed by atoms with Gasteiger partial charge >= 0.3 is 6.72 Å². The van der Waals surface area contributed by atoms with Gasteiger partial charge in [-0.3, -0.25) is 45.8 Å². The molecule has 0 saturated heterocycles. The standard InChI is InChI=1S/C4H6.2C3H5N.2C3H6.5C2H4N2.2C2H5N.2C2H4O.2C2H4S.3CH4N2.CH3NO.CH2NO.2CH3NO.4CH3NS/c3*1-3-4-2;2*1-3-2;2*1-4-2-3;2*1-2-4-3;3-1-2-4;6*1-2-3;2*1-3-2;2-1-3;2*1-2-3;2*2-1-3;2*1-2-3;2*2-1-3/h3-4H,1-2H2;2*3H,1-2H2;2*3H,1H2,2H3;4*2-3H,1H2;1-4H;2*2H,1,3H2;4*2-3H,1H2;2*1-2H2;1H,(H3,2,3);3H,1H2;1H2;2*1H,(H2,2,3);2*3H,1H2;2*1H,(H2,2,3)/q;;;;;;;;;;;;;;;;;;;;+1;;;;;;. The van der Waals surface area contributed by atoms with E-state index in [1.165, 1.54) is 48.0 Å². The Balaban J connectivity index is -0.0000000180. The zero-order valence-corrected chi connectivity index (χ0v) is 56.7. The molecule has 2 amide bonds.